The molecule has 0 spiro atoms. The highest BCUT2D eigenvalue weighted by atomic mass is 35.5. The standard InChI is InChI=1S/C18H17Cl2NO4/c1-11(22)25-10-9-13(18(23)24)12-5-2-3-8-16(12)21-17-14(19)6-4-7-15(17)20/h2-8,13,21H,9-10H2,1H3,(H,23,24). The first-order valence-electron chi connectivity index (χ1n) is 7.56. The number of aliphatic carboxylic acids is 1. The molecule has 2 rings (SSSR count). The van der Waals surface area contributed by atoms with Crippen molar-refractivity contribution in [2.75, 3.05) is 11.9 Å². The lowest BCUT2D eigenvalue weighted by molar-refractivity contribution is -0.144. The molecule has 7 heteroatoms. The van der Waals surface area contributed by atoms with Crippen LogP contribution in [-0.4, -0.2) is 23.7 Å². The Labute approximate surface area is 155 Å². The SMILES string of the molecule is CC(=O)OCCC(C(=O)O)c1ccccc1Nc1c(Cl)cccc1Cl. The van der Waals surface area contributed by atoms with Gasteiger partial charge in [0.15, 0.2) is 0 Å². The van der Waals surface area contributed by atoms with Crippen LogP contribution in [-0.2, 0) is 14.3 Å². The van der Waals surface area contributed by atoms with Gasteiger partial charge in [-0.15, -0.1) is 0 Å². The van der Waals surface area contributed by atoms with Crippen molar-refractivity contribution in [1.29, 1.82) is 0 Å². The van der Waals surface area contributed by atoms with E-state index in [1.807, 2.05) is 0 Å². The topological polar surface area (TPSA) is 75.6 Å². The number of halogens is 2. The van der Waals surface area contributed by atoms with Gasteiger partial charge < -0.3 is 15.2 Å². The quantitative estimate of drug-likeness (QED) is 0.669. The second-order valence-corrected chi connectivity index (χ2v) is 6.14. The molecule has 0 amide bonds. The Bertz CT molecular complexity index is 759. The van der Waals surface area contributed by atoms with Crippen LogP contribution in [0.1, 0.15) is 24.8 Å². The minimum absolute atomic E-state index is 0.0213. The zero-order valence-corrected chi connectivity index (χ0v) is 15.0. The molecule has 5 nitrogen and oxygen atoms in total. The van der Waals surface area contributed by atoms with Crippen LogP contribution in [0, 0.1) is 0 Å². The second-order valence-electron chi connectivity index (χ2n) is 5.33. The molecule has 132 valence electrons. The van der Waals surface area contributed by atoms with Gasteiger partial charge in [-0.05, 0) is 30.2 Å². The van der Waals surface area contributed by atoms with Crippen molar-refractivity contribution in [1.82, 2.24) is 0 Å². The van der Waals surface area contributed by atoms with Crippen LogP contribution in [0.4, 0.5) is 11.4 Å². The Kier molecular flexibility index (Phi) is 6.67. The van der Waals surface area contributed by atoms with E-state index in [1.54, 1.807) is 42.5 Å². The smallest absolute Gasteiger partial charge is 0.311 e. The van der Waals surface area contributed by atoms with Gasteiger partial charge in [0.1, 0.15) is 0 Å². The van der Waals surface area contributed by atoms with E-state index in [9.17, 15) is 14.7 Å². The molecule has 0 radical (unpaired) electrons. The number of nitrogens with one attached hydrogen (secondary N) is 1. The van der Waals surface area contributed by atoms with Gasteiger partial charge in [0, 0.05) is 12.6 Å². The van der Waals surface area contributed by atoms with E-state index in [0.717, 1.165) is 0 Å². The van der Waals surface area contributed by atoms with Gasteiger partial charge >= 0.3 is 11.9 Å². The number of esters is 1. The summed E-state index contributed by atoms with van der Waals surface area (Å²) >= 11 is 12.3. The molecule has 2 N–H and O–H groups in total. The minimum Gasteiger partial charge on any atom is -0.481 e. The number of carboxylic acids is 1. The fourth-order valence-corrected chi connectivity index (χ4v) is 2.89. The number of carbonyl (C=O) groups is 2. The number of benzene rings is 2. The van der Waals surface area contributed by atoms with E-state index < -0.39 is 17.9 Å². The fraction of sp³-hybridized carbons (Fsp3) is 0.222. The summed E-state index contributed by atoms with van der Waals surface area (Å²) in [6.45, 7) is 1.30. The zero-order valence-electron chi connectivity index (χ0n) is 13.5. The number of anilines is 2. The lowest BCUT2D eigenvalue weighted by atomic mass is 9.94. The van der Waals surface area contributed by atoms with Crippen LogP contribution >= 0.6 is 23.2 Å². The summed E-state index contributed by atoms with van der Waals surface area (Å²) < 4.78 is 4.88. The molecule has 25 heavy (non-hydrogen) atoms. The Balaban J connectivity index is 2.31. The van der Waals surface area contributed by atoms with Crippen molar-refractivity contribution in [3.05, 3.63) is 58.1 Å². The van der Waals surface area contributed by atoms with Gasteiger partial charge in [-0.1, -0.05) is 47.5 Å². The number of carbonyl (C=O) groups excluding carboxylic acids is 1. The minimum atomic E-state index is -1.01. The summed E-state index contributed by atoms with van der Waals surface area (Å²) in [4.78, 5) is 22.6. The lowest BCUT2D eigenvalue weighted by Crippen LogP contribution is -2.16. The van der Waals surface area contributed by atoms with E-state index in [0.29, 0.717) is 27.0 Å². The van der Waals surface area contributed by atoms with E-state index in [4.69, 9.17) is 27.9 Å². The van der Waals surface area contributed by atoms with Crippen LogP contribution in [0.5, 0.6) is 0 Å². The first-order valence-corrected chi connectivity index (χ1v) is 8.32. The second kappa shape index (κ2) is 8.74. The van der Waals surface area contributed by atoms with Crippen molar-refractivity contribution in [3.8, 4) is 0 Å². The van der Waals surface area contributed by atoms with Crippen molar-refractivity contribution in [3.63, 3.8) is 0 Å². The molecule has 2 aromatic rings. The molecule has 0 fully saturated rings. The number of para-hydroxylation sites is 2. The maximum atomic E-state index is 11.7. The number of carboxylic acid groups (broad SMARTS) is 1. The Hall–Kier alpha value is -2.24. The van der Waals surface area contributed by atoms with Gasteiger partial charge in [0.05, 0.1) is 28.3 Å². The van der Waals surface area contributed by atoms with E-state index in [2.05, 4.69) is 5.32 Å². The van der Waals surface area contributed by atoms with E-state index >= 15 is 0 Å². The molecule has 0 saturated heterocycles. The number of ether oxygens (including phenoxy) is 1. The number of hydrogen-bond acceptors (Lipinski definition) is 4. The monoisotopic (exact) mass is 381 g/mol. The predicted molar refractivity (Wildman–Crippen MR) is 97.8 cm³/mol. The fourth-order valence-electron chi connectivity index (χ4n) is 2.40. The van der Waals surface area contributed by atoms with E-state index in [1.165, 1.54) is 6.92 Å². The first-order chi connectivity index (χ1) is 11.9. The highest BCUT2D eigenvalue weighted by Gasteiger charge is 2.23. The van der Waals surface area contributed by atoms with Crippen LogP contribution in [0.2, 0.25) is 10.0 Å². The highest BCUT2D eigenvalue weighted by molar-refractivity contribution is 6.39. The molecule has 0 aliphatic carbocycles. The predicted octanol–water partition coefficient (Wildman–Crippen LogP) is 4.86. The Morgan fingerprint density at radius 3 is 2.36 bits per heavy atom. The molecule has 1 atom stereocenters. The Morgan fingerprint density at radius 1 is 1.12 bits per heavy atom. The van der Waals surface area contributed by atoms with Gasteiger partial charge in [-0.3, -0.25) is 9.59 Å². The largest absolute Gasteiger partial charge is 0.481 e. The van der Waals surface area contributed by atoms with Crippen molar-refractivity contribution in [2.45, 2.75) is 19.3 Å². The molecule has 0 aliphatic rings. The molecule has 0 aromatic heterocycles. The van der Waals surface area contributed by atoms with Gasteiger partial charge in [0.25, 0.3) is 0 Å². The van der Waals surface area contributed by atoms with Gasteiger partial charge in [-0.25, -0.2) is 0 Å². The average molecular weight is 382 g/mol. The van der Waals surface area contributed by atoms with Crippen LogP contribution < -0.4 is 5.32 Å². The molecule has 0 bridgehead atoms. The average Bonchev–Trinajstić information content (AvgIpc) is 2.55. The molecular weight excluding hydrogens is 365 g/mol. The highest BCUT2D eigenvalue weighted by Crippen LogP contribution is 2.36. The van der Waals surface area contributed by atoms with Crippen LogP contribution in [0.25, 0.3) is 0 Å². The number of hydrogen-bond donors (Lipinski definition) is 2. The molecule has 0 aliphatic heterocycles. The molecular formula is C18H17Cl2NO4. The van der Waals surface area contributed by atoms with Gasteiger partial charge in [-0.2, -0.15) is 0 Å². The third kappa shape index (κ3) is 5.11. The summed E-state index contributed by atoms with van der Waals surface area (Å²) in [5, 5.41) is 13.5. The van der Waals surface area contributed by atoms with Crippen molar-refractivity contribution >= 4 is 46.5 Å². The van der Waals surface area contributed by atoms with E-state index in [-0.39, 0.29) is 13.0 Å². The van der Waals surface area contributed by atoms with Crippen molar-refractivity contribution < 1.29 is 19.4 Å². The third-order valence-corrected chi connectivity index (χ3v) is 4.20. The van der Waals surface area contributed by atoms with Gasteiger partial charge in [0.2, 0.25) is 0 Å². The summed E-state index contributed by atoms with van der Waals surface area (Å²) in [7, 11) is 0. The maximum Gasteiger partial charge on any atom is 0.311 e. The summed E-state index contributed by atoms with van der Waals surface area (Å²) in [6.07, 6.45) is 0.157. The van der Waals surface area contributed by atoms with Crippen LogP contribution in [0.15, 0.2) is 42.5 Å². The molecule has 2 aromatic carbocycles. The summed E-state index contributed by atoms with van der Waals surface area (Å²) in [5.41, 5.74) is 1.63. The lowest BCUT2D eigenvalue weighted by Gasteiger charge is -2.19. The third-order valence-electron chi connectivity index (χ3n) is 3.57. The Morgan fingerprint density at radius 2 is 1.76 bits per heavy atom. The summed E-state index contributed by atoms with van der Waals surface area (Å²) in [6, 6.07) is 12.1. The summed E-state index contributed by atoms with van der Waals surface area (Å²) in [5.74, 6) is -2.30. The molecule has 1 unspecified atom stereocenters. The number of rotatable bonds is 7. The van der Waals surface area contributed by atoms with Crippen LogP contribution in [0.3, 0.4) is 0 Å². The first kappa shape index (κ1) is 19.1. The zero-order chi connectivity index (χ0) is 18.4. The normalized spacial score (nSPS) is 11.6. The van der Waals surface area contributed by atoms with Crippen molar-refractivity contribution in [2.24, 2.45) is 0 Å². The maximum absolute atomic E-state index is 11.7. The molecule has 0 saturated carbocycles. The molecule has 0 heterocycles.